The summed E-state index contributed by atoms with van der Waals surface area (Å²) in [5, 5.41) is 0.409. The third kappa shape index (κ3) is 4.58. The lowest BCUT2D eigenvalue weighted by molar-refractivity contribution is -0.169. The average Bonchev–Trinajstić information content (AvgIpc) is 2.60. The molecule has 1 rings (SSSR count). The fourth-order valence-electron chi connectivity index (χ4n) is 2.25. The first-order valence-electron chi connectivity index (χ1n) is 7.06. The van der Waals surface area contributed by atoms with Gasteiger partial charge in [-0.3, -0.25) is 9.59 Å². The van der Waals surface area contributed by atoms with E-state index in [0.29, 0.717) is 10.6 Å². The molecule has 6 nitrogen and oxygen atoms in total. The van der Waals surface area contributed by atoms with Crippen molar-refractivity contribution in [3.8, 4) is 0 Å². The Morgan fingerprint density at radius 1 is 1.04 bits per heavy atom. The van der Waals surface area contributed by atoms with E-state index in [1.807, 2.05) is 0 Å². The van der Waals surface area contributed by atoms with Crippen LogP contribution in [0.25, 0.3) is 0 Å². The number of rotatable bonds is 7. The van der Waals surface area contributed by atoms with E-state index >= 15 is 0 Å². The molecular formula is C17H19ClO6. The van der Waals surface area contributed by atoms with E-state index in [4.69, 9.17) is 21.1 Å². The molecule has 0 amide bonds. The summed E-state index contributed by atoms with van der Waals surface area (Å²) in [5.41, 5.74) is -1.07. The van der Waals surface area contributed by atoms with Crippen LogP contribution in [0.4, 0.5) is 0 Å². The minimum atomic E-state index is -1.65. The molecule has 7 heteroatoms. The predicted molar refractivity (Wildman–Crippen MR) is 87.4 cm³/mol. The number of carbonyl (C=O) groups is 3. The molecule has 0 aliphatic rings. The Labute approximate surface area is 145 Å². The second-order valence-corrected chi connectivity index (χ2v) is 5.37. The molecule has 1 aromatic rings. The third-order valence-electron chi connectivity index (χ3n) is 3.52. The lowest BCUT2D eigenvalue weighted by Gasteiger charge is -2.27. The Hall–Kier alpha value is -2.34. The van der Waals surface area contributed by atoms with Crippen LogP contribution in [-0.4, -0.2) is 39.2 Å². The zero-order valence-corrected chi connectivity index (χ0v) is 14.5. The molecule has 0 heterocycles. The fourth-order valence-corrected chi connectivity index (χ4v) is 2.45. The lowest BCUT2D eigenvalue weighted by atomic mass is 9.78. The van der Waals surface area contributed by atoms with Crippen molar-refractivity contribution in [3.63, 3.8) is 0 Å². The molecule has 1 aromatic carbocycles. The van der Waals surface area contributed by atoms with Crippen LogP contribution in [0.15, 0.2) is 36.4 Å². The molecule has 24 heavy (non-hydrogen) atoms. The number of methoxy groups -OCH3 is 3. The SMILES string of the molecule is COC(=O)/C=C/CC(Cc1ccccc1Cl)(C(=O)OC)C(=O)OC. The summed E-state index contributed by atoms with van der Waals surface area (Å²) >= 11 is 6.14. The first kappa shape index (κ1) is 19.7. The van der Waals surface area contributed by atoms with E-state index < -0.39 is 23.3 Å². The number of esters is 3. The highest BCUT2D eigenvalue weighted by atomic mass is 35.5. The van der Waals surface area contributed by atoms with Crippen LogP contribution >= 0.6 is 11.6 Å². The highest BCUT2D eigenvalue weighted by Gasteiger charge is 2.48. The van der Waals surface area contributed by atoms with Gasteiger partial charge in [0.25, 0.3) is 0 Å². The Kier molecular flexibility index (Phi) is 7.45. The highest BCUT2D eigenvalue weighted by molar-refractivity contribution is 6.31. The zero-order valence-electron chi connectivity index (χ0n) is 13.7. The molecule has 0 aliphatic heterocycles. The van der Waals surface area contributed by atoms with Crippen LogP contribution in [0.1, 0.15) is 12.0 Å². The van der Waals surface area contributed by atoms with Crippen molar-refractivity contribution in [1.29, 1.82) is 0 Å². The molecule has 0 radical (unpaired) electrons. The quantitative estimate of drug-likeness (QED) is 0.323. The van der Waals surface area contributed by atoms with Crippen LogP contribution in [-0.2, 0) is 35.0 Å². The lowest BCUT2D eigenvalue weighted by Crippen LogP contribution is -2.43. The monoisotopic (exact) mass is 354 g/mol. The van der Waals surface area contributed by atoms with E-state index in [1.54, 1.807) is 24.3 Å². The van der Waals surface area contributed by atoms with Crippen molar-refractivity contribution >= 4 is 29.5 Å². The van der Waals surface area contributed by atoms with Crippen molar-refractivity contribution in [1.82, 2.24) is 0 Å². The van der Waals surface area contributed by atoms with Gasteiger partial charge in [-0.2, -0.15) is 0 Å². The maximum absolute atomic E-state index is 12.4. The van der Waals surface area contributed by atoms with Crippen molar-refractivity contribution in [2.24, 2.45) is 5.41 Å². The van der Waals surface area contributed by atoms with Crippen LogP contribution in [0, 0.1) is 5.41 Å². The van der Waals surface area contributed by atoms with Crippen molar-refractivity contribution in [3.05, 3.63) is 47.0 Å². The van der Waals surface area contributed by atoms with Gasteiger partial charge in [-0.25, -0.2) is 4.79 Å². The summed E-state index contributed by atoms with van der Waals surface area (Å²) in [6, 6.07) is 6.83. The van der Waals surface area contributed by atoms with Crippen molar-refractivity contribution in [2.45, 2.75) is 12.8 Å². The zero-order chi connectivity index (χ0) is 18.2. The molecule has 0 N–H and O–H groups in total. The van der Waals surface area contributed by atoms with E-state index in [0.717, 1.165) is 6.08 Å². The van der Waals surface area contributed by atoms with Gasteiger partial charge in [-0.1, -0.05) is 35.9 Å². The number of ether oxygens (including phenoxy) is 3. The van der Waals surface area contributed by atoms with Crippen LogP contribution < -0.4 is 0 Å². The summed E-state index contributed by atoms with van der Waals surface area (Å²) in [6.45, 7) is 0. The maximum Gasteiger partial charge on any atom is 0.330 e. The highest BCUT2D eigenvalue weighted by Crippen LogP contribution is 2.33. The standard InChI is InChI=1S/C17H19ClO6/c1-22-14(19)9-6-10-17(15(20)23-2,16(21)24-3)11-12-7-4-5-8-13(12)18/h4-9H,10-11H2,1-3H3/b9-6+. The second-order valence-electron chi connectivity index (χ2n) is 4.96. The summed E-state index contributed by atoms with van der Waals surface area (Å²) in [5.74, 6) is -2.15. The molecule has 130 valence electrons. The van der Waals surface area contributed by atoms with Gasteiger partial charge in [0.1, 0.15) is 0 Å². The van der Waals surface area contributed by atoms with Crippen LogP contribution in [0.3, 0.4) is 0 Å². The molecule has 0 saturated heterocycles. The van der Waals surface area contributed by atoms with Gasteiger partial charge in [0.2, 0.25) is 0 Å². The number of carbonyl (C=O) groups excluding carboxylic acids is 3. The van der Waals surface area contributed by atoms with E-state index in [-0.39, 0.29) is 12.8 Å². The predicted octanol–water partition coefficient (Wildman–Crippen LogP) is 2.33. The minimum Gasteiger partial charge on any atom is -0.468 e. The molecule has 0 aliphatic carbocycles. The number of hydrogen-bond donors (Lipinski definition) is 0. The van der Waals surface area contributed by atoms with Gasteiger partial charge >= 0.3 is 17.9 Å². The largest absolute Gasteiger partial charge is 0.468 e. The Bertz CT molecular complexity index is 622. The van der Waals surface area contributed by atoms with Gasteiger partial charge in [-0.15, -0.1) is 0 Å². The van der Waals surface area contributed by atoms with Crippen molar-refractivity contribution in [2.75, 3.05) is 21.3 Å². The smallest absolute Gasteiger partial charge is 0.330 e. The average molecular weight is 355 g/mol. The summed E-state index contributed by atoms with van der Waals surface area (Å²) in [6.07, 6.45) is 2.37. The van der Waals surface area contributed by atoms with Gasteiger partial charge in [0.05, 0.1) is 21.3 Å². The molecule has 0 saturated carbocycles. The normalized spacial score (nSPS) is 11.2. The first-order valence-corrected chi connectivity index (χ1v) is 7.43. The number of benzene rings is 1. The molecule has 0 spiro atoms. The molecular weight excluding hydrogens is 336 g/mol. The van der Waals surface area contributed by atoms with Gasteiger partial charge in [0.15, 0.2) is 5.41 Å². The molecule has 0 fully saturated rings. The second kappa shape index (κ2) is 9.08. The third-order valence-corrected chi connectivity index (χ3v) is 3.89. The van der Waals surface area contributed by atoms with Gasteiger partial charge in [-0.05, 0) is 18.1 Å². The summed E-state index contributed by atoms with van der Waals surface area (Å²) in [7, 11) is 3.58. The number of allylic oxidation sites excluding steroid dienone is 1. The minimum absolute atomic E-state index is 0.0302. The van der Waals surface area contributed by atoms with E-state index in [9.17, 15) is 14.4 Å². The van der Waals surface area contributed by atoms with E-state index in [1.165, 1.54) is 27.4 Å². The fraction of sp³-hybridized carbons (Fsp3) is 0.353. The first-order chi connectivity index (χ1) is 11.4. The van der Waals surface area contributed by atoms with Gasteiger partial charge < -0.3 is 14.2 Å². The number of hydrogen-bond acceptors (Lipinski definition) is 6. The molecule has 0 bridgehead atoms. The van der Waals surface area contributed by atoms with Crippen LogP contribution in [0.2, 0.25) is 5.02 Å². The molecule has 0 aromatic heterocycles. The summed E-state index contributed by atoms with van der Waals surface area (Å²) in [4.78, 5) is 36.0. The van der Waals surface area contributed by atoms with E-state index in [2.05, 4.69) is 4.74 Å². The molecule has 0 atom stereocenters. The Morgan fingerprint density at radius 3 is 2.12 bits per heavy atom. The topological polar surface area (TPSA) is 78.9 Å². The Morgan fingerprint density at radius 2 is 1.62 bits per heavy atom. The Balaban J connectivity index is 3.28. The van der Waals surface area contributed by atoms with Crippen LogP contribution in [0.5, 0.6) is 0 Å². The molecule has 0 unspecified atom stereocenters. The van der Waals surface area contributed by atoms with Crippen molar-refractivity contribution < 1.29 is 28.6 Å². The van der Waals surface area contributed by atoms with Gasteiger partial charge in [0, 0.05) is 17.5 Å². The summed E-state index contributed by atoms with van der Waals surface area (Å²) < 4.78 is 14.1. The maximum atomic E-state index is 12.4. The number of halogens is 1.